The van der Waals surface area contributed by atoms with Crippen LogP contribution in [0, 0.1) is 11.6 Å². The van der Waals surface area contributed by atoms with Gasteiger partial charge in [0, 0.05) is 26.4 Å². The Morgan fingerprint density at radius 1 is 1.07 bits per heavy atom. The number of rotatable bonds is 6. The third-order valence-electron chi connectivity index (χ3n) is 3.70. The standard InChI is InChI=1S/C18H20ClF2N3O2S/c1-22-18(23-9-12-3-6-17(21)16(19)7-12)24-10-14-8-15(20)5-4-13(14)11-27(2,25)26/h3-8H,9-11H2,1-2H3,(H2,22,23,24). The molecule has 0 aliphatic carbocycles. The average Bonchev–Trinajstić information content (AvgIpc) is 2.59. The molecule has 0 radical (unpaired) electrons. The van der Waals surface area contributed by atoms with Gasteiger partial charge in [0.2, 0.25) is 0 Å². The van der Waals surface area contributed by atoms with Gasteiger partial charge in [-0.1, -0.05) is 23.7 Å². The van der Waals surface area contributed by atoms with Gasteiger partial charge in [-0.3, -0.25) is 4.99 Å². The summed E-state index contributed by atoms with van der Waals surface area (Å²) in [5, 5.41) is 6.07. The number of sulfone groups is 1. The van der Waals surface area contributed by atoms with Crippen molar-refractivity contribution in [3.05, 3.63) is 69.7 Å². The van der Waals surface area contributed by atoms with Gasteiger partial charge in [0.25, 0.3) is 0 Å². The lowest BCUT2D eigenvalue weighted by Gasteiger charge is -2.14. The summed E-state index contributed by atoms with van der Waals surface area (Å²) in [5.74, 6) is -0.699. The fourth-order valence-electron chi connectivity index (χ4n) is 2.42. The summed E-state index contributed by atoms with van der Waals surface area (Å²) < 4.78 is 49.9. The normalized spacial score (nSPS) is 12.1. The van der Waals surface area contributed by atoms with E-state index in [0.29, 0.717) is 23.6 Å². The third kappa shape index (κ3) is 6.80. The number of benzene rings is 2. The molecule has 2 aromatic rings. The van der Waals surface area contributed by atoms with Gasteiger partial charge in [-0.2, -0.15) is 0 Å². The zero-order valence-electron chi connectivity index (χ0n) is 14.9. The summed E-state index contributed by atoms with van der Waals surface area (Å²) in [6, 6.07) is 8.37. The number of aliphatic imine (C=N–C) groups is 1. The van der Waals surface area contributed by atoms with Gasteiger partial charge in [0.15, 0.2) is 15.8 Å². The zero-order valence-corrected chi connectivity index (χ0v) is 16.5. The van der Waals surface area contributed by atoms with E-state index in [1.165, 1.54) is 30.3 Å². The van der Waals surface area contributed by atoms with Crippen molar-refractivity contribution in [2.75, 3.05) is 13.3 Å². The van der Waals surface area contributed by atoms with Crippen LogP contribution in [-0.2, 0) is 28.7 Å². The van der Waals surface area contributed by atoms with E-state index >= 15 is 0 Å². The van der Waals surface area contributed by atoms with Crippen LogP contribution in [0.5, 0.6) is 0 Å². The Bertz CT molecular complexity index is 950. The molecule has 2 aromatic carbocycles. The average molecular weight is 416 g/mol. The number of guanidine groups is 1. The van der Waals surface area contributed by atoms with Crippen molar-refractivity contribution < 1.29 is 17.2 Å². The maximum absolute atomic E-state index is 13.6. The van der Waals surface area contributed by atoms with Crippen LogP contribution in [0.3, 0.4) is 0 Å². The van der Waals surface area contributed by atoms with Crippen molar-refractivity contribution in [3.8, 4) is 0 Å². The first-order valence-corrected chi connectivity index (χ1v) is 10.5. The highest BCUT2D eigenvalue weighted by Crippen LogP contribution is 2.16. The molecule has 0 aliphatic heterocycles. The van der Waals surface area contributed by atoms with E-state index in [-0.39, 0.29) is 17.3 Å². The molecule has 0 aliphatic rings. The van der Waals surface area contributed by atoms with Crippen molar-refractivity contribution >= 4 is 27.4 Å². The van der Waals surface area contributed by atoms with Crippen LogP contribution in [0.2, 0.25) is 5.02 Å². The molecule has 0 atom stereocenters. The Morgan fingerprint density at radius 2 is 1.78 bits per heavy atom. The summed E-state index contributed by atoms with van der Waals surface area (Å²) in [6.45, 7) is 0.533. The summed E-state index contributed by atoms with van der Waals surface area (Å²) in [7, 11) is -1.68. The molecule has 0 saturated carbocycles. The second-order valence-corrected chi connectivity index (χ2v) is 8.56. The molecule has 0 aromatic heterocycles. The molecular weight excluding hydrogens is 396 g/mol. The second-order valence-electron chi connectivity index (χ2n) is 6.01. The molecule has 0 amide bonds. The summed E-state index contributed by atoms with van der Waals surface area (Å²) in [5.41, 5.74) is 1.80. The Labute approximate surface area is 162 Å². The van der Waals surface area contributed by atoms with Crippen LogP contribution in [0.1, 0.15) is 16.7 Å². The topological polar surface area (TPSA) is 70.6 Å². The van der Waals surface area contributed by atoms with Gasteiger partial charge in [-0.25, -0.2) is 17.2 Å². The number of halogens is 3. The lowest BCUT2D eigenvalue weighted by atomic mass is 10.1. The van der Waals surface area contributed by atoms with Crippen molar-refractivity contribution in [2.24, 2.45) is 4.99 Å². The summed E-state index contributed by atoms with van der Waals surface area (Å²) in [4.78, 5) is 4.06. The first-order valence-electron chi connectivity index (χ1n) is 8.01. The molecular formula is C18H20ClF2N3O2S. The van der Waals surface area contributed by atoms with E-state index in [9.17, 15) is 17.2 Å². The minimum Gasteiger partial charge on any atom is -0.352 e. The van der Waals surface area contributed by atoms with Gasteiger partial charge in [0.05, 0.1) is 10.8 Å². The van der Waals surface area contributed by atoms with Gasteiger partial charge in [0.1, 0.15) is 11.6 Å². The third-order valence-corrected chi connectivity index (χ3v) is 4.82. The monoisotopic (exact) mass is 415 g/mol. The van der Waals surface area contributed by atoms with E-state index in [0.717, 1.165) is 11.8 Å². The Morgan fingerprint density at radius 3 is 2.41 bits per heavy atom. The van der Waals surface area contributed by atoms with Gasteiger partial charge >= 0.3 is 0 Å². The molecule has 0 unspecified atom stereocenters. The summed E-state index contributed by atoms with van der Waals surface area (Å²) in [6.07, 6.45) is 1.13. The highest BCUT2D eigenvalue weighted by molar-refractivity contribution is 7.89. The molecule has 0 heterocycles. The predicted molar refractivity (Wildman–Crippen MR) is 103 cm³/mol. The van der Waals surface area contributed by atoms with Crippen LogP contribution in [0.25, 0.3) is 0 Å². The van der Waals surface area contributed by atoms with Crippen LogP contribution in [0.4, 0.5) is 8.78 Å². The van der Waals surface area contributed by atoms with Crippen LogP contribution < -0.4 is 10.6 Å². The van der Waals surface area contributed by atoms with Crippen molar-refractivity contribution in [2.45, 2.75) is 18.8 Å². The molecule has 27 heavy (non-hydrogen) atoms. The van der Waals surface area contributed by atoms with E-state index in [2.05, 4.69) is 15.6 Å². The Kier molecular flexibility index (Phi) is 7.15. The molecule has 0 bridgehead atoms. The molecule has 0 spiro atoms. The molecule has 146 valence electrons. The van der Waals surface area contributed by atoms with Crippen LogP contribution in [0.15, 0.2) is 41.4 Å². The predicted octanol–water partition coefficient (Wildman–Crippen LogP) is 3.03. The first kappa shape index (κ1) is 21.1. The van der Waals surface area contributed by atoms with Gasteiger partial charge in [-0.15, -0.1) is 0 Å². The zero-order chi connectivity index (χ0) is 20.0. The van der Waals surface area contributed by atoms with Crippen molar-refractivity contribution in [1.29, 1.82) is 0 Å². The van der Waals surface area contributed by atoms with E-state index in [1.54, 1.807) is 13.1 Å². The lowest BCUT2D eigenvalue weighted by molar-refractivity contribution is 0.599. The van der Waals surface area contributed by atoms with Crippen LogP contribution in [-0.4, -0.2) is 27.7 Å². The number of nitrogens with zero attached hydrogens (tertiary/aromatic N) is 1. The van der Waals surface area contributed by atoms with Crippen molar-refractivity contribution in [1.82, 2.24) is 10.6 Å². The minimum atomic E-state index is -3.25. The second kappa shape index (κ2) is 9.14. The number of hydrogen-bond acceptors (Lipinski definition) is 3. The van der Waals surface area contributed by atoms with E-state index in [1.807, 2.05) is 0 Å². The van der Waals surface area contributed by atoms with Crippen LogP contribution >= 0.6 is 11.6 Å². The Hall–Kier alpha value is -2.19. The fourth-order valence-corrected chi connectivity index (χ4v) is 3.47. The molecule has 0 fully saturated rings. The molecule has 5 nitrogen and oxygen atoms in total. The SMILES string of the molecule is CN=C(NCc1ccc(F)c(Cl)c1)NCc1cc(F)ccc1CS(C)(=O)=O. The smallest absolute Gasteiger partial charge is 0.191 e. The lowest BCUT2D eigenvalue weighted by Crippen LogP contribution is -2.36. The number of hydrogen-bond donors (Lipinski definition) is 2. The van der Waals surface area contributed by atoms with Crippen molar-refractivity contribution in [3.63, 3.8) is 0 Å². The van der Waals surface area contributed by atoms with E-state index < -0.39 is 21.5 Å². The summed E-state index contributed by atoms with van der Waals surface area (Å²) >= 11 is 5.76. The minimum absolute atomic E-state index is 0.0300. The maximum atomic E-state index is 13.6. The highest BCUT2D eigenvalue weighted by atomic mass is 35.5. The van der Waals surface area contributed by atoms with Gasteiger partial charge < -0.3 is 10.6 Å². The largest absolute Gasteiger partial charge is 0.352 e. The molecule has 0 saturated heterocycles. The van der Waals surface area contributed by atoms with E-state index in [4.69, 9.17) is 11.6 Å². The molecule has 9 heteroatoms. The maximum Gasteiger partial charge on any atom is 0.191 e. The van der Waals surface area contributed by atoms with Gasteiger partial charge in [-0.05, 0) is 41.0 Å². The fraction of sp³-hybridized carbons (Fsp3) is 0.278. The molecule has 2 N–H and O–H groups in total. The number of nitrogens with one attached hydrogen (secondary N) is 2. The highest BCUT2D eigenvalue weighted by Gasteiger charge is 2.11. The first-order chi connectivity index (χ1) is 12.7. The molecule has 2 rings (SSSR count). The Balaban J connectivity index is 2.03. The quantitative estimate of drug-likeness (QED) is 0.562.